The highest BCUT2D eigenvalue weighted by atomic mass is 79.9. The standard InChI is InChI=1S/C21H22BrNO5/c1-2-13-27-16-9-7-15(8-10-16)19(24)11-12-21(26)28-14-20(25)23-18-6-4-3-5-17(18)22/h3-10H,2,11-14H2,1H3,(H,23,25). The van der Waals surface area contributed by atoms with E-state index in [4.69, 9.17) is 9.47 Å². The average Bonchev–Trinajstić information content (AvgIpc) is 2.71. The van der Waals surface area contributed by atoms with Gasteiger partial charge in [0.05, 0.1) is 18.7 Å². The summed E-state index contributed by atoms with van der Waals surface area (Å²) in [6.07, 6.45) is 0.832. The van der Waals surface area contributed by atoms with E-state index in [-0.39, 0.29) is 18.6 Å². The van der Waals surface area contributed by atoms with E-state index in [9.17, 15) is 14.4 Å². The molecule has 0 aromatic heterocycles. The van der Waals surface area contributed by atoms with Crippen LogP contribution in [-0.4, -0.2) is 30.9 Å². The van der Waals surface area contributed by atoms with Crippen molar-refractivity contribution in [2.24, 2.45) is 0 Å². The van der Waals surface area contributed by atoms with Gasteiger partial charge in [-0.3, -0.25) is 14.4 Å². The number of anilines is 1. The van der Waals surface area contributed by atoms with Gasteiger partial charge in [0.1, 0.15) is 5.75 Å². The second-order valence-electron chi connectivity index (χ2n) is 5.98. The number of benzene rings is 2. The number of hydrogen-bond acceptors (Lipinski definition) is 5. The number of rotatable bonds is 10. The summed E-state index contributed by atoms with van der Waals surface area (Å²) < 4.78 is 11.1. The Bertz CT molecular complexity index is 820. The van der Waals surface area contributed by atoms with Crippen LogP contribution in [0.2, 0.25) is 0 Å². The van der Waals surface area contributed by atoms with Crippen molar-refractivity contribution in [1.82, 2.24) is 0 Å². The molecule has 0 saturated heterocycles. The van der Waals surface area contributed by atoms with Gasteiger partial charge in [-0.05, 0) is 58.7 Å². The van der Waals surface area contributed by atoms with Crippen molar-refractivity contribution in [3.05, 3.63) is 58.6 Å². The molecule has 0 spiro atoms. The van der Waals surface area contributed by atoms with E-state index in [1.807, 2.05) is 13.0 Å². The van der Waals surface area contributed by atoms with Gasteiger partial charge in [-0.15, -0.1) is 0 Å². The van der Waals surface area contributed by atoms with Gasteiger partial charge in [-0.2, -0.15) is 0 Å². The lowest BCUT2D eigenvalue weighted by Gasteiger charge is -2.08. The number of Topliss-reactive ketones (excluding diaryl/α,β-unsaturated/α-hetero) is 1. The fraction of sp³-hybridized carbons (Fsp3) is 0.286. The van der Waals surface area contributed by atoms with Gasteiger partial charge in [-0.1, -0.05) is 19.1 Å². The van der Waals surface area contributed by atoms with Crippen molar-refractivity contribution < 1.29 is 23.9 Å². The number of esters is 1. The van der Waals surface area contributed by atoms with Gasteiger partial charge in [0, 0.05) is 16.5 Å². The van der Waals surface area contributed by atoms with Crippen molar-refractivity contribution >= 4 is 39.3 Å². The fourth-order valence-corrected chi connectivity index (χ4v) is 2.67. The summed E-state index contributed by atoms with van der Waals surface area (Å²) in [5.74, 6) is -0.515. The first-order chi connectivity index (χ1) is 13.5. The van der Waals surface area contributed by atoms with E-state index in [1.54, 1.807) is 42.5 Å². The molecule has 0 aliphatic heterocycles. The molecule has 1 amide bonds. The molecule has 0 bridgehead atoms. The molecule has 0 fully saturated rings. The van der Waals surface area contributed by atoms with Gasteiger partial charge in [0.15, 0.2) is 12.4 Å². The summed E-state index contributed by atoms with van der Waals surface area (Å²) in [6.45, 7) is 2.23. The molecular weight excluding hydrogens is 426 g/mol. The lowest BCUT2D eigenvalue weighted by molar-refractivity contribution is -0.147. The molecule has 2 aromatic carbocycles. The summed E-state index contributed by atoms with van der Waals surface area (Å²) >= 11 is 3.32. The molecular formula is C21H22BrNO5. The molecule has 2 rings (SSSR count). The lowest BCUT2D eigenvalue weighted by Crippen LogP contribution is -2.21. The Kier molecular flexibility index (Phi) is 8.68. The quantitative estimate of drug-likeness (QED) is 0.431. The van der Waals surface area contributed by atoms with E-state index in [0.717, 1.165) is 10.9 Å². The van der Waals surface area contributed by atoms with Crippen LogP contribution in [-0.2, 0) is 14.3 Å². The Morgan fingerprint density at radius 1 is 1.00 bits per heavy atom. The maximum absolute atomic E-state index is 12.2. The lowest BCUT2D eigenvalue weighted by atomic mass is 10.1. The Labute approximate surface area is 172 Å². The first kappa shape index (κ1) is 21.6. The second kappa shape index (κ2) is 11.2. The number of hydrogen-bond donors (Lipinski definition) is 1. The highest BCUT2D eigenvalue weighted by Gasteiger charge is 2.13. The Hall–Kier alpha value is -2.67. The van der Waals surface area contributed by atoms with Crippen molar-refractivity contribution in [3.63, 3.8) is 0 Å². The molecule has 0 radical (unpaired) electrons. The first-order valence-electron chi connectivity index (χ1n) is 8.95. The largest absolute Gasteiger partial charge is 0.494 e. The van der Waals surface area contributed by atoms with Crippen LogP contribution in [0.25, 0.3) is 0 Å². The minimum absolute atomic E-state index is 0.0137. The number of ether oxygens (including phenoxy) is 2. The van der Waals surface area contributed by atoms with Crippen LogP contribution >= 0.6 is 15.9 Å². The van der Waals surface area contributed by atoms with Crippen LogP contribution in [0.4, 0.5) is 5.69 Å². The van der Waals surface area contributed by atoms with E-state index in [0.29, 0.717) is 23.6 Å². The molecule has 0 heterocycles. The number of carbonyl (C=O) groups excluding carboxylic acids is 3. The van der Waals surface area contributed by atoms with E-state index in [2.05, 4.69) is 21.2 Å². The fourth-order valence-electron chi connectivity index (χ4n) is 2.28. The zero-order chi connectivity index (χ0) is 20.4. The molecule has 0 aliphatic carbocycles. The molecule has 1 N–H and O–H groups in total. The number of para-hydroxylation sites is 1. The number of carbonyl (C=O) groups is 3. The van der Waals surface area contributed by atoms with Gasteiger partial charge >= 0.3 is 5.97 Å². The Morgan fingerprint density at radius 2 is 1.71 bits per heavy atom. The number of ketones is 1. The van der Waals surface area contributed by atoms with Crippen LogP contribution in [0.5, 0.6) is 5.75 Å². The van der Waals surface area contributed by atoms with Gasteiger partial charge in [0.25, 0.3) is 5.91 Å². The third-order valence-electron chi connectivity index (χ3n) is 3.72. The van der Waals surface area contributed by atoms with Gasteiger partial charge in [-0.25, -0.2) is 0 Å². The predicted molar refractivity (Wildman–Crippen MR) is 110 cm³/mol. The van der Waals surface area contributed by atoms with Crippen molar-refractivity contribution in [1.29, 1.82) is 0 Å². The topological polar surface area (TPSA) is 81.7 Å². The van der Waals surface area contributed by atoms with Crippen molar-refractivity contribution in [3.8, 4) is 5.75 Å². The highest BCUT2D eigenvalue weighted by Crippen LogP contribution is 2.21. The molecule has 148 valence electrons. The van der Waals surface area contributed by atoms with Crippen LogP contribution in [0.15, 0.2) is 53.0 Å². The first-order valence-corrected chi connectivity index (χ1v) is 9.75. The van der Waals surface area contributed by atoms with E-state index in [1.165, 1.54) is 0 Å². The number of halogens is 1. The molecule has 0 aliphatic rings. The monoisotopic (exact) mass is 447 g/mol. The van der Waals surface area contributed by atoms with E-state index >= 15 is 0 Å². The maximum Gasteiger partial charge on any atom is 0.306 e. The second-order valence-corrected chi connectivity index (χ2v) is 6.84. The maximum atomic E-state index is 12.2. The van der Waals surface area contributed by atoms with Gasteiger partial charge in [0.2, 0.25) is 0 Å². The minimum Gasteiger partial charge on any atom is -0.494 e. The smallest absolute Gasteiger partial charge is 0.306 e. The van der Waals surface area contributed by atoms with E-state index < -0.39 is 18.5 Å². The van der Waals surface area contributed by atoms with Crippen LogP contribution in [0, 0.1) is 0 Å². The third kappa shape index (κ3) is 7.15. The average molecular weight is 448 g/mol. The molecule has 0 saturated carbocycles. The van der Waals surface area contributed by atoms with Crippen molar-refractivity contribution in [2.45, 2.75) is 26.2 Å². The van der Waals surface area contributed by atoms with Gasteiger partial charge < -0.3 is 14.8 Å². The number of nitrogens with one attached hydrogen (secondary N) is 1. The molecule has 0 atom stereocenters. The molecule has 7 heteroatoms. The SMILES string of the molecule is CCCOc1ccc(C(=O)CCC(=O)OCC(=O)Nc2ccccc2Br)cc1. The zero-order valence-electron chi connectivity index (χ0n) is 15.6. The summed E-state index contributed by atoms with van der Waals surface area (Å²) in [4.78, 5) is 35.8. The third-order valence-corrected chi connectivity index (χ3v) is 4.41. The van der Waals surface area contributed by atoms with Crippen LogP contribution in [0.1, 0.15) is 36.5 Å². The summed E-state index contributed by atoms with van der Waals surface area (Å²) in [6, 6.07) is 13.9. The summed E-state index contributed by atoms with van der Waals surface area (Å²) in [5, 5.41) is 2.63. The number of amides is 1. The summed E-state index contributed by atoms with van der Waals surface area (Å²) in [5.41, 5.74) is 1.09. The van der Waals surface area contributed by atoms with Crippen LogP contribution < -0.4 is 10.1 Å². The molecule has 0 unspecified atom stereocenters. The summed E-state index contributed by atoms with van der Waals surface area (Å²) in [7, 11) is 0. The predicted octanol–water partition coefficient (Wildman–Crippen LogP) is 4.38. The Morgan fingerprint density at radius 3 is 2.39 bits per heavy atom. The van der Waals surface area contributed by atoms with Crippen LogP contribution in [0.3, 0.4) is 0 Å². The molecule has 6 nitrogen and oxygen atoms in total. The minimum atomic E-state index is -0.599. The highest BCUT2D eigenvalue weighted by molar-refractivity contribution is 9.10. The Balaban J connectivity index is 1.72. The zero-order valence-corrected chi connectivity index (χ0v) is 17.2. The molecule has 2 aromatic rings. The normalized spacial score (nSPS) is 10.2. The molecule has 28 heavy (non-hydrogen) atoms. The van der Waals surface area contributed by atoms with Crippen molar-refractivity contribution in [2.75, 3.05) is 18.5 Å².